The molecule has 21 heavy (non-hydrogen) atoms. The molecule has 1 atom stereocenters. The van der Waals surface area contributed by atoms with Gasteiger partial charge in [0, 0.05) is 16.5 Å². The van der Waals surface area contributed by atoms with Crippen molar-refractivity contribution in [2.45, 2.75) is 26.3 Å². The summed E-state index contributed by atoms with van der Waals surface area (Å²) in [6.45, 7) is 4.93. The summed E-state index contributed by atoms with van der Waals surface area (Å²) in [6, 6.07) is 6.44. The molecule has 2 heterocycles. The number of benzene rings is 1. The van der Waals surface area contributed by atoms with Crippen LogP contribution in [-0.2, 0) is 0 Å². The van der Waals surface area contributed by atoms with E-state index in [-0.39, 0.29) is 11.9 Å². The van der Waals surface area contributed by atoms with Crippen LogP contribution in [0.2, 0.25) is 0 Å². The van der Waals surface area contributed by atoms with Gasteiger partial charge in [-0.1, -0.05) is 6.92 Å². The molecule has 0 aliphatic heterocycles. The van der Waals surface area contributed by atoms with E-state index in [4.69, 9.17) is 8.83 Å². The van der Waals surface area contributed by atoms with E-state index < -0.39 is 0 Å². The van der Waals surface area contributed by atoms with Crippen LogP contribution in [0.5, 0.6) is 0 Å². The van der Waals surface area contributed by atoms with E-state index in [1.54, 1.807) is 18.6 Å². The molecule has 0 saturated heterocycles. The number of aryl methyl sites for hydroxylation is 1. The monoisotopic (exact) mass is 287 g/mol. The first-order valence-corrected chi connectivity index (χ1v) is 7.14. The topological polar surface area (TPSA) is 38.3 Å². The predicted molar refractivity (Wildman–Crippen MR) is 79.8 cm³/mol. The summed E-state index contributed by atoms with van der Waals surface area (Å²) in [5.74, 6) is 0.560. The van der Waals surface area contributed by atoms with E-state index in [0.717, 1.165) is 35.2 Å². The maximum Gasteiger partial charge on any atom is 0.134 e. The van der Waals surface area contributed by atoms with Gasteiger partial charge in [0.2, 0.25) is 0 Å². The Labute approximate surface area is 122 Å². The van der Waals surface area contributed by atoms with Crippen LogP contribution < -0.4 is 5.32 Å². The van der Waals surface area contributed by atoms with Crippen molar-refractivity contribution < 1.29 is 13.2 Å². The first-order valence-electron chi connectivity index (χ1n) is 7.14. The van der Waals surface area contributed by atoms with Crippen molar-refractivity contribution in [3.63, 3.8) is 0 Å². The smallest absolute Gasteiger partial charge is 0.134 e. The molecular formula is C17H18FNO2. The Kier molecular flexibility index (Phi) is 3.80. The van der Waals surface area contributed by atoms with Crippen LogP contribution in [0.15, 0.2) is 45.6 Å². The summed E-state index contributed by atoms with van der Waals surface area (Å²) in [4.78, 5) is 0. The van der Waals surface area contributed by atoms with Crippen LogP contribution in [0.4, 0.5) is 4.39 Å². The van der Waals surface area contributed by atoms with E-state index >= 15 is 0 Å². The highest BCUT2D eigenvalue weighted by Gasteiger charge is 2.22. The number of furan rings is 2. The summed E-state index contributed by atoms with van der Waals surface area (Å²) < 4.78 is 24.6. The van der Waals surface area contributed by atoms with Crippen molar-refractivity contribution in [3.8, 4) is 0 Å². The molecule has 1 N–H and O–H groups in total. The molecular weight excluding hydrogens is 269 g/mol. The number of nitrogens with one attached hydrogen (secondary N) is 1. The Bertz CT molecular complexity index is 731. The van der Waals surface area contributed by atoms with E-state index in [0.29, 0.717) is 5.58 Å². The van der Waals surface area contributed by atoms with Gasteiger partial charge >= 0.3 is 0 Å². The Morgan fingerprint density at radius 2 is 2.14 bits per heavy atom. The maximum absolute atomic E-state index is 13.4. The predicted octanol–water partition coefficient (Wildman–Crippen LogP) is 4.56. The molecule has 1 aromatic carbocycles. The van der Waals surface area contributed by atoms with E-state index in [2.05, 4.69) is 12.2 Å². The Morgan fingerprint density at radius 1 is 1.29 bits per heavy atom. The molecule has 3 nitrogen and oxygen atoms in total. The third kappa shape index (κ3) is 2.59. The first kappa shape index (κ1) is 13.9. The number of rotatable bonds is 5. The quantitative estimate of drug-likeness (QED) is 0.747. The van der Waals surface area contributed by atoms with Crippen molar-refractivity contribution >= 4 is 11.0 Å². The Morgan fingerprint density at radius 3 is 2.86 bits per heavy atom. The number of fused-ring (bicyclic) bond motifs is 1. The zero-order valence-corrected chi connectivity index (χ0v) is 12.2. The molecule has 3 aromatic rings. The maximum atomic E-state index is 13.4. The van der Waals surface area contributed by atoms with Crippen LogP contribution in [0.3, 0.4) is 0 Å². The van der Waals surface area contributed by atoms with Crippen LogP contribution in [0, 0.1) is 12.7 Å². The van der Waals surface area contributed by atoms with E-state index in [1.807, 2.05) is 13.0 Å². The van der Waals surface area contributed by atoms with Gasteiger partial charge in [0.15, 0.2) is 0 Å². The number of hydrogen-bond acceptors (Lipinski definition) is 3. The zero-order valence-electron chi connectivity index (χ0n) is 12.2. The van der Waals surface area contributed by atoms with Crippen LogP contribution >= 0.6 is 0 Å². The van der Waals surface area contributed by atoms with Gasteiger partial charge in [-0.2, -0.15) is 0 Å². The second kappa shape index (κ2) is 5.74. The third-order valence-corrected chi connectivity index (χ3v) is 3.67. The molecule has 0 fully saturated rings. The SMILES string of the molecule is CCCNC(c1ccoc1)c1oc2ccc(F)cc2c1C. The highest BCUT2D eigenvalue weighted by Crippen LogP contribution is 2.33. The van der Waals surface area contributed by atoms with Gasteiger partial charge in [-0.05, 0) is 44.2 Å². The largest absolute Gasteiger partial charge is 0.472 e. The lowest BCUT2D eigenvalue weighted by Gasteiger charge is -2.15. The number of hydrogen-bond donors (Lipinski definition) is 1. The van der Waals surface area contributed by atoms with E-state index in [9.17, 15) is 4.39 Å². The van der Waals surface area contributed by atoms with E-state index in [1.165, 1.54) is 12.1 Å². The second-order valence-corrected chi connectivity index (χ2v) is 5.18. The molecule has 0 amide bonds. The van der Waals surface area contributed by atoms with Gasteiger partial charge < -0.3 is 14.2 Å². The highest BCUT2D eigenvalue weighted by atomic mass is 19.1. The molecule has 0 spiro atoms. The van der Waals surface area contributed by atoms with Crippen molar-refractivity contribution in [3.05, 3.63) is 59.5 Å². The average molecular weight is 287 g/mol. The molecule has 0 bridgehead atoms. The summed E-state index contributed by atoms with van der Waals surface area (Å²) in [5.41, 5.74) is 2.67. The molecule has 3 rings (SSSR count). The summed E-state index contributed by atoms with van der Waals surface area (Å²) in [7, 11) is 0. The molecule has 0 aliphatic rings. The molecule has 2 aromatic heterocycles. The third-order valence-electron chi connectivity index (χ3n) is 3.67. The summed E-state index contributed by atoms with van der Waals surface area (Å²) in [6.07, 6.45) is 4.37. The lowest BCUT2D eigenvalue weighted by Crippen LogP contribution is -2.22. The van der Waals surface area contributed by atoms with Crippen LogP contribution in [0.1, 0.15) is 36.3 Å². The van der Waals surface area contributed by atoms with Crippen LogP contribution in [0.25, 0.3) is 11.0 Å². The zero-order chi connectivity index (χ0) is 14.8. The number of halogens is 1. The minimum absolute atomic E-state index is 0.0841. The molecule has 0 radical (unpaired) electrons. The van der Waals surface area contributed by atoms with Crippen LogP contribution in [-0.4, -0.2) is 6.54 Å². The van der Waals surface area contributed by atoms with Gasteiger partial charge in [-0.3, -0.25) is 0 Å². The van der Waals surface area contributed by atoms with Gasteiger partial charge in [0.1, 0.15) is 17.2 Å². The lowest BCUT2D eigenvalue weighted by molar-refractivity contribution is 0.461. The van der Waals surface area contributed by atoms with Gasteiger partial charge in [0.05, 0.1) is 18.6 Å². The average Bonchev–Trinajstić information content (AvgIpc) is 3.10. The molecule has 110 valence electrons. The standard InChI is InChI=1S/C17H18FNO2/c1-3-7-19-16(12-6-8-20-10-12)17-11(2)14-9-13(18)4-5-15(14)21-17/h4-6,8-10,16,19H,3,7H2,1-2H3. The van der Waals surface area contributed by atoms with Crippen molar-refractivity contribution in [1.29, 1.82) is 0 Å². The first-order chi connectivity index (χ1) is 10.2. The fourth-order valence-electron chi connectivity index (χ4n) is 2.58. The second-order valence-electron chi connectivity index (χ2n) is 5.18. The molecule has 4 heteroatoms. The van der Waals surface area contributed by atoms with Crippen molar-refractivity contribution in [2.75, 3.05) is 6.54 Å². The van der Waals surface area contributed by atoms with Crippen molar-refractivity contribution in [1.82, 2.24) is 5.32 Å². The summed E-state index contributed by atoms with van der Waals surface area (Å²) >= 11 is 0. The van der Waals surface area contributed by atoms with Gasteiger partial charge in [-0.15, -0.1) is 0 Å². The molecule has 0 saturated carbocycles. The normalized spacial score (nSPS) is 12.9. The van der Waals surface area contributed by atoms with Crippen molar-refractivity contribution in [2.24, 2.45) is 0 Å². The van der Waals surface area contributed by atoms with Gasteiger partial charge in [-0.25, -0.2) is 4.39 Å². The lowest BCUT2D eigenvalue weighted by atomic mass is 10.0. The summed E-state index contributed by atoms with van der Waals surface area (Å²) in [5, 5.41) is 4.27. The Hall–Kier alpha value is -2.07. The minimum Gasteiger partial charge on any atom is -0.472 e. The fraction of sp³-hybridized carbons (Fsp3) is 0.294. The fourth-order valence-corrected chi connectivity index (χ4v) is 2.58. The Balaban J connectivity index is 2.08. The van der Waals surface area contributed by atoms with Gasteiger partial charge in [0.25, 0.3) is 0 Å². The molecule has 1 unspecified atom stereocenters. The minimum atomic E-state index is -0.251. The molecule has 0 aliphatic carbocycles. The highest BCUT2D eigenvalue weighted by molar-refractivity contribution is 5.82.